The molecule has 0 nitrogen and oxygen atoms in total. The first-order valence-electron chi connectivity index (χ1n) is 6.34. The molecule has 2 aliphatic rings. The lowest BCUT2D eigenvalue weighted by atomic mass is 9.76. The van der Waals surface area contributed by atoms with E-state index in [0.29, 0.717) is 0 Å². The molecule has 0 saturated heterocycles. The van der Waals surface area contributed by atoms with Crippen molar-refractivity contribution in [3.8, 4) is 0 Å². The highest BCUT2D eigenvalue weighted by Gasteiger charge is 2.21. The van der Waals surface area contributed by atoms with E-state index in [1.54, 1.807) is 11.1 Å². The predicted molar refractivity (Wildman–Crippen MR) is 66.8 cm³/mol. The lowest BCUT2D eigenvalue weighted by Gasteiger charge is -2.29. The monoisotopic (exact) mass is 202 g/mol. The van der Waals surface area contributed by atoms with Crippen LogP contribution in [0.15, 0.2) is 35.5 Å². The van der Waals surface area contributed by atoms with Crippen LogP contribution in [0.5, 0.6) is 0 Å². The maximum atomic E-state index is 4.11. The molecule has 0 spiro atoms. The molecule has 0 bridgehead atoms. The fourth-order valence-electron chi connectivity index (χ4n) is 2.75. The summed E-state index contributed by atoms with van der Waals surface area (Å²) >= 11 is 0. The van der Waals surface area contributed by atoms with Gasteiger partial charge in [-0.3, -0.25) is 0 Å². The van der Waals surface area contributed by atoms with Crippen LogP contribution < -0.4 is 0 Å². The quantitative estimate of drug-likeness (QED) is 0.577. The van der Waals surface area contributed by atoms with Crippen molar-refractivity contribution in [2.45, 2.75) is 51.9 Å². The number of hydrogen-bond acceptors (Lipinski definition) is 0. The van der Waals surface area contributed by atoms with Crippen molar-refractivity contribution < 1.29 is 0 Å². The minimum Gasteiger partial charge on any atom is -0.0995 e. The molecule has 82 valence electrons. The second-order valence-electron chi connectivity index (χ2n) is 4.99. The van der Waals surface area contributed by atoms with Crippen molar-refractivity contribution in [2.24, 2.45) is 5.92 Å². The Labute approximate surface area is 93.8 Å². The van der Waals surface area contributed by atoms with Crippen LogP contribution in [-0.2, 0) is 0 Å². The normalized spacial score (nSPS) is 25.3. The van der Waals surface area contributed by atoms with E-state index in [1.165, 1.54) is 37.7 Å². The zero-order valence-electron chi connectivity index (χ0n) is 9.89. The van der Waals surface area contributed by atoms with Crippen LogP contribution in [0.25, 0.3) is 0 Å². The molecule has 1 saturated carbocycles. The van der Waals surface area contributed by atoms with Crippen molar-refractivity contribution >= 4 is 0 Å². The molecule has 0 aromatic heterocycles. The van der Waals surface area contributed by atoms with Crippen LogP contribution in [-0.4, -0.2) is 0 Å². The Kier molecular flexibility index (Phi) is 3.45. The highest BCUT2D eigenvalue weighted by Crippen LogP contribution is 2.38. The fraction of sp³-hybridized carbons (Fsp3) is 0.600. The van der Waals surface area contributed by atoms with Gasteiger partial charge in [0.2, 0.25) is 0 Å². The molecule has 0 aromatic rings. The molecule has 1 fully saturated rings. The van der Waals surface area contributed by atoms with Gasteiger partial charge in [0.1, 0.15) is 0 Å². The van der Waals surface area contributed by atoms with E-state index in [4.69, 9.17) is 0 Å². The van der Waals surface area contributed by atoms with Gasteiger partial charge in [0.05, 0.1) is 0 Å². The Morgan fingerprint density at radius 1 is 1.40 bits per heavy atom. The molecule has 0 N–H and O–H groups in total. The minimum atomic E-state index is 0.878. The van der Waals surface area contributed by atoms with Gasteiger partial charge in [0.25, 0.3) is 0 Å². The van der Waals surface area contributed by atoms with Gasteiger partial charge in [0.15, 0.2) is 0 Å². The number of hydrogen-bond donors (Lipinski definition) is 0. The van der Waals surface area contributed by atoms with Gasteiger partial charge >= 0.3 is 0 Å². The van der Waals surface area contributed by atoms with Gasteiger partial charge < -0.3 is 0 Å². The standard InChI is InChI=1S/C15H22/c1-3-12(2)10-13-8-9-14-6-4-5-7-15(14)11-13/h8-9,15H,2-7,10-11H2,1H3. The van der Waals surface area contributed by atoms with Gasteiger partial charge in [-0.15, -0.1) is 0 Å². The van der Waals surface area contributed by atoms with Gasteiger partial charge in [-0.25, -0.2) is 0 Å². The SMILES string of the molecule is C=C(CC)CC1=CC=C2CCCCC2C1. The second kappa shape index (κ2) is 4.83. The summed E-state index contributed by atoms with van der Waals surface area (Å²) in [6.07, 6.45) is 13.9. The molecule has 15 heavy (non-hydrogen) atoms. The van der Waals surface area contributed by atoms with Crippen LogP contribution in [0.4, 0.5) is 0 Å². The van der Waals surface area contributed by atoms with Crippen LogP contribution in [0.2, 0.25) is 0 Å². The molecule has 2 aliphatic carbocycles. The minimum absolute atomic E-state index is 0.878. The summed E-state index contributed by atoms with van der Waals surface area (Å²) in [4.78, 5) is 0. The summed E-state index contributed by atoms with van der Waals surface area (Å²) in [5.74, 6) is 0.878. The second-order valence-corrected chi connectivity index (χ2v) is 4.99. The number of fused-ring (bicyclic) bond motifs is 1. The van der Waals surface area contributed by atoms with Crippen LogP contribution >= 0.6 is 0 Å². The van der Waals surface area contributed by atoms with Crippen molar-refractivity contribution in [3.63, 3.8) is 0 Å². The van der Waals surface area contributed by atoms with Crippen LogP contribution in [0.3, 0.4) is 0 Å². The van der Waals surface area contributed by atoms with E-state index in [9.17, 15) is 0 Å². The summed E-state index contributed by atoms with van der Waals surface area (Å²) in [5, 5.41) is 0. The molecular formula is C15H22. The zero-order chi connectivity index (χ0) is 10.7. The predicted octanol–water partition coefficient (Wildman–Crippen LogP) is 4.79. The lowest BCUT2D eigenvalue weighted by molar-refractivity contribution is 0.442. The molecular weight excluding hydrogens is 180 g/mol. The fourth-order valence-corrected chi connectivity index (χ4v) is 2.75. The molecule has 2 rings (SSSR count). The van der Waals surface area contributed by atoms with Crippen molar-refractivity contribution in [1.29, 1.82) is 0 Å². The third kappa shape index (κ3) is 2.62. The summed E-state index contributed by atoms with van der Waals surface area (Å²) in [6.45, 7) is 6.31. The topological polar surface area (TPSA) is 0 Å². The Hall–Kier alpha value is -0.780. The average Bonchev–Trinajstić information content (AvgIpc) is 2.29. The Balaban J connectivity index is 2.01. The molecule has 0 heteroatoms. The number of allylic oxidation sites excluding steroid dienone is 5. The third-order valence-electron chi connectivity index (χ3n) is 3.81. The Morgan fingerprint density at radius 2 is 2.27 bits per heavy atom. The Morgan fingerprint density at radius 3 is 3.07 bits per heavy atom. The molecule has 0 amide bonds. The summed E-state index contributed by atoms with van der Waals surface area (Å²) in [7, 11) is 0. The van der Waals surface area contributed by atoms with Crippen LogP contribution in [0, 0.1) is 5.92 Å². The Bertz CT molecular complexity index is 304. The summed E-state index contributed by atoms with van der Waals surface area (Å²) in [5.41, 5.74) is 4.71. The molecule has 0 radical (unpaired) electrons. The average molecular weight is 202 g/mol. The smallest absolute Gasteiger partial charge is 0.0108 e. The molecule has 1 atom stereocenters. The zero-order valence-corrected chi connectivity index (χ0v) is 9.89. The third-order valence-corrected chi connectivity index (χ3v) is 3.81. The van der Waals surface area contributed by atoms with E-state index in [0.717, 1.165) is 18.8 Å². The molecule has 0 heterocycles. The molecule has 1 unspecified atom stereocenters. The van der Waals surface area contributed by atoms with E-state index < -0.39 is 0 Å². The molecule has 0 aromatic carbocycles. The first kappa shape index (κ1) is 10.7. The van der Waals surface area contributed by atoms with Crippen molar-refractivity contribution in [2.75, 3.05) is 0 Å². The van der Waals surface area contributed by atoms with Gasteiger partial charge in [-0.05, 0) is 44.4 Å². The summed E-state index contributed by atoms with van der Waals surface area (Å²) in [6, 6.07) is 0. The lowest BCUT2D eigenvalue weighted by Crippen LogP contribution is -2.13. The summed E-state index contributed by atoms with van der Waals surface area (Å²) < 4.78 is 0. The molecule has 0 aliphatic heterocycles. The van der Waals surface area contributed by atoms with Gasteiger partial charge in [-0.2, -0.15) is 0 Å². The van der Waals surface area contributed by atoms with Crippen LogP contribution in [0.1, 0.15) is 51.9 Å². The van der Waals surface area contributed by atoms with E-state index in [-0.39, 0.29) is 0 Å². The van der Waals surface area contributed by atoms with Crippen molar-refractivity contribution in [3.05, 3.63) is 35.5 Å². The highest BCUT2D eigenvalue weighted by molar-refractivity contribution is 5.29. The maximum Gasteiger partial charge on any atom is -0.0108 e. The van der Waals surface area contributed by atoms with Crippen molar-refractivity contribution in [1.82, 2.24) is 0 Å². The van der Waals surface area contributed by atoms with E-state index >= 15 is 0 Å². The van der Waals surface area contributed by atoms with Gasteiger partial charge in [0, 0.05) is 0 Å². The van der Waals surface area contributed by atoms with E-state index in [1.807, 2.05) is 0 Å². The first-order valence-corrected chi connectivity index (χ1v) is 6.34. The van der Waals surface area contributed by atoms with E-state index in [2.05, 4.69) is 25.7 Å². The number of rotatable bonds is 3. The first-order chi connectivity index (χ1) is 7.29. The largest absolute Gasteiger partial charge is 0.0995 e. The maximum absolute atomic E-state index is 4.11. The van der Waals surface area contributed by atoms with Gasteiger partial charge in [-0.1, -0.05) is 48.8 Å². The highest BCUT2D eigenvalue weighted by atomic mass is 14.3.